The lowest BCUT2D eigenvalue weighted by atomic mass is 10.1. The van der Waals surface area contributed by atoms with Crippen molar-refractivity contribution in [3.8, 4) is 0 Å². The Morgan fingerprint density at radius 1 is 1.06 bits per heavy atom. The van der Waals surface area contributed by atoms with E-state index in [4.69, 9.17) is 0 Å². The minimum atomic E-state index is -5.69. The van der Waals surface area contributed by atoms with Crippen molar-refractivity contribution >= 4 is 0 Å². The second kappa shape index (κ2) is 5.42. The summed E-state index contributed by atoms with van der Waals surface area (Å²) in [5.41, 5.74) is -2.99. The number of allylic oxidation sites excluding steroid dienone is 1. The van der Waals surface area contributed by atoms with Crippen molar-refractivity contribution in [3.05, 3.63) is 11.3 Å². The van der Waals surface area contributed by atoms with Gasteiger partial charge in [0.05, 0.1) is 0 Å². The molecule has 0 amide bonds. The summed E-state index contributed by atoms with van der Waals surface area (Å²) >= 11 is 0. The molecule has 8 heteroatoms. The maximum absolute atomic E-state index is 12.0. The number of alkyl halides is 6. The van der Waals surface area contributed by atoms with Crippen LogP contribution in [0.3, 0.4) is 0 Å². The van der Waals surface area contributed by atoms with Gasteiger partial charge in [0.15, 0.2) is 0 Å². The van der Waals surface area contributed by atoms with E-state index in [1.165, 1.54) is 6.92 Å². The van der Waals surface area contributed by atoms with Crippen molar-refractivity contribution in [3.63, 3.8) is 0 Å². The van der Waals surface area contributed by atoms with Gasteiger partial charge >= 0.3 is 12.4 Å². The smallest absolute Gasteiger partial charge is 0.420 e. The maximum Gasteiger partial charge on any atom is 0.420 e. The van der Waals surface area contributed by atoms with Crippen molar-refractivity contribution in [2.45, 2.75) is 25.7 Å². The second-order valence-electron chi connectivity index (χ2n) is 2.74. The molecule has 0 aliphatic carbocycles. The van der Waals surface area contributed by atoms with Crippen molar-refractivity contribution < 1.29 is 36.2 Å². The topological polar surface area (TPSA) is 32.3 Å². The summed E-state index contributed by atoms with van der Waals surface area (Å²) in [6, 6.07) is 0. The molecule has 0 spiro atoms. The van der Waals surface area contributed by atoms with Crippen LogP contribution in [0.15, 0.2) is 11.3 Å². The quantitative estimate of drug-likeness (QED) is 0.435. The summed E-state index contributed by atoms with van der Waals surface area (Å²) < 4.78 is 76.3. The summed E-state index contributed by atoms with van der Waals surface area (Å²) in [4.78, 5) is 0. The summed E-state index contributed by atoms with van der Waals surface area (Å²) in [7, 11) is 0. The molecule has 0 saturated heterocycles. The Morgan fingerprint density at radius 2 is 1.50 bits per heavy atom. The van der Waals surface area contributed by atoms with E-state index in [0.29, 0.717) is 0 Å². The Morgan fingerprint density at radius 3 is 1.81 bits per heavy atom. The number of rotatable bonds is 4. The zero-order valence-corrected chi connectivity index (χ0v) is 8.21. The van der Waals surface area contributed by atoms with E-state index in [-0.39, 0.29) is 6.61 Å². The van der Waals surface area contributed by atoms with Crippen LogP contribution >= 0.6 is 0 Å². The lowest BCUT2D eigenvalue weighted by molar-refractivity contribution is -0.320. The van der Waals surface area contributed by atoms with Gasteiger partial charge in [0.2, 0.25) is 0 Å². The molecular weight excluding hydrogens is 242 g/mol. The molecule has 16 heavy (non-hydrogen) atoms. The summed E-state index contributed by atoms with van der Waals surface area (Å²) in [6.45, 7) is 1.15. The van der Waals surface area contributed by atoms with E-state index in [9.17, 15) is 31.4 Å². The zero-order chi connectivity index (χ0) is 13.0. The number of hydrogen-bond acceptors (Lipinski definition) is 2. The zero-order valence-electron chi connectivity index (χ0n) is 8.21. The molecule has 0 bridgehead atoms. The van der Waals surface area contributed by atoms with Crippen LogP contribution in [0.4, 0.5) is 26.3 Å². The van der Waals surface area contributed by atoms with Crippen LogP contribution in [0.1, 0.15) is 13.3 Å². The molecule has 0 aromatic rings. The minimum absolute atomic E-state index is 0.112. The Balaban J connectivity index is 4.94. The van der Waals surface area contributed by atoms with E-state index in [1.54, 1.807) is 0 Å². The van der Waals surface area contributed by atoms with Crippen LogP contribution in [0, 0.1) is 0 Å². The fourth-order valence-corrected chi connectivity index (χ4v) is 0.911. The van der Waals surface area contributed by atoms with Crippen LogP contribution < -0.4 is 5.11 Å². The van der Waals surface area contributed by atoms with Crippen LogP contribution in [-0.4, -0.2) is 25.6 Å². The Hall–Kier alpha value is -0.920. The van der Waals surface area contributed by atoms with E-state index < -0.39 is 36.7 Å². The first kappa shape index (κ1) is 15.1. The second-order valence-corrected chi connectivity index (χ2v) is 2.74. The number of halogens is 6. The largest absolute Gasteiger partial charge is 0.875 e. The highest BCUT2D eigenvalue weighted by molar-refractivity contribution is 5.18. The van der Waals surface area contributed by atoms with Crippen LogP contribution in [0.2, 0.25) is 0 Å². The molecule has 0 aliphatic rings. The van der Waals surface area contributed by atoms with Gasteiger partial charge in [0.1, 0.15) is 5.57 Å². The molecule has 0 heterocycles. The standard InChI is InChI=1S/C8H10F6O2/c1-2-16-4-3-5(15)6(7(9,10)11)8(12,13)14/h15H,2-4H2,1H3/p-1. The SMILES string of the molecule is CCOCCC([O-])=C(C(F)(F)F)C(F)(F)F. The van der Waals surface area contributed by atoms with E-state index in [0.717, 1.165) is 0 Å². The molecule has 0 aliphatic heterocycles. The Labute approximate surface area is 87.5 Å². The third kappa shape index (κ3) is 4.73. The van der Waals surface area contributed by atoms with Gasteiger partial charge in [-0.15, -0.1) is 5.76 Å². The average Bonchev–Trinajstić information content (AvgIpc) is 1.98. The normalized spacial score (nSPS) is 12.7. The molecule has 0 saturated carbocycles. The van der Waals surface area contributed by atoms with Gasteiger partial charge in [-0.1, -0.05) is 0 Å². The summed E-state index contributed by atoms with van der Waals surface area (Å²) in [6.07, 6.45) is -12.3. The van der Waals surface area contributed by atoms with E-state index >= 15 is 0 Å². The molecule has 0 atom stereocenters. The number of hydrogen-bond donors (Lipinski definition) is 0. The maximum atomic E-state index is 12.0. The first-order valence-electron chi connectivity index (χ1n) is 4.23. The third-order valence-electron chi connectivity index (χ3n) is 1.52. The van der Waals surface area contributed by atoms with Gasteiger partial charge in [0, 0.05) is 13.2 Å². The molecule has 96 valence electrons. The molecule has 0 N–H and O–H groups in total. The van der Waals surface area contributed by atoms with Crippen molar-refractivity contribution in [1.29, 1.82) is 0 Å². The predicted octanol–water partition coefficient (Wildman–Crippen LogP) is 2.15. The van der Waals surface area contributed by atoms with Crippen molar-refractivity contribution in [1.82, 2.24) is 0 Å². The van der Waals surface area contributed by atoms with Gasteiger partial charge in [-0.25, -0.2) is 0 Å². The van der Waals surface area contributed by atoms with Gasteiger partial charge in [-0.2, -0.15) is 26.3 Å². The third-order valence-corrected chi connectivity index (χ3v) is 1.52. The highest BCUT2D eigenvalue weighted by atomic mass is 19.4. The van der Waals surface area contributed by atoms with Gasteiger partial charge in [-0.3, -0.25) is 0 Å². The van der Waals surface area contributed by atoms with Gasteiger partial charge in [-0.05, 0) is 13.3 Å². The molecule has 0 unspecified atom stereocenters. The Bertz CT molecular complexity index is 236. The minimum Gasteiger partial charge on any atom is -0.875 e. The van der Waals surface area contributed by atoms with Crippen molar-refractivity contribution in [2.75, 3.05) is 13.2 Å². The number of ether oxygens (including phenoxy) is 1. The molecule has 0 fully saturated rings. The molecule has 0 aromatic carbocycles. The molecule has 0 rings (SSSR count). The molecular formula is C8H9F6O2-. The Kier molecular flexibility index (Phi) is 5.11. The predicted molar refractivity (Wildman–Crippen MR) is 40.2 cm³/mol. The van der Waals surface area contributed by atoms with Crippen molar-refractivity contribution in [2.24, 2.45) is 0 Å². The molecule has 0 aromatic heterocycles. The van der Waals surface area contributed by atoms with Gasteiger partial charge < -0.3 is 9.84 Å². The lowest BCUT2D eigenvalue weighted by Gasteiger charge is -2.23. The van der Waals surface area contributed by atoms with E-state index in [1.807, 2.05) is 0 Å². The fourth-order valence-electron chi connectivity index (χ4n) is 0.911. The molecule has 2 nitrogen and oxygen atoms in total. The molecule has 0 radical (unpaired) electrons. The highest BCUT2D eigenvalue weighted by Crippen LogP contribution is 2.40. The lowest BCUT2D eigenvalue weighted by Crippen LogP contribution is -2.31. The first-order valence-corrected chi connectivity index (χ1v) is 4.23. The monoisotopic (exact) mass is 251 g/mol. The highest BCUT2D eigenvalue weighted by Gasteiger charge is 2.50. The average molecular weight is 251 g/mol. The first-order chi connectivity index (χ1) is 7.10. The van der Waals surface area contributed by atoms with Crippen LogP contribution in [0.5, 0.6) is 0 Å². The van der Waals surface area contributed by atoms with Crippen LogP contribution in [-0.2, 0) is 4.74 Å². The summed E-state index contributed by atoms with van der Waals surface area (Å²) in [5, 5.41) is 10.8. The fraction of sp³-hybridized carbons (Fsp3) is 0.750. The van der Waals surface area contributed by atoms with E-state index in [2.05, 4.69) is 4.74 Å². The van der Waals surface area contributed by atoms with Crippen LogP contribution in [0.25, 0.3) is 0 Å². The van der Waals surface area contributed by atoms with Gasteiger partial charge in [0.25, 0.3) is 0 Å². The summed E-state index contributed by atoms with van der Waals surface area (Å²) in [5.74, 6) is -2.01.